The van der Waals surface area contributed by atoms with E-state index in [2.05, 4.69) is 24.3 Å². The highest BCUT2D eigenvalue weighted by Crippen LogP contribution is 2.23. The molecule has 5 nitrogen and oxygen atoms in total. The zero-order valence-corrected chi connectivity index (χ0v) is 18.8. The second-order valence-electron chi connectivity index (χ2n) is 8.71. The van der Waals surface area contributed by atoms with Gasteiger partial charge in [0.1, 0.15) is 5.75 Å². The third-order valence-corrected chi connectivity index (χ3v) is 6.24. The molecule has 3 rings (SSSR count). The maximum absolute atomic E-state index is 13.2. The fourth-order valence-electron chi connectivity index (χ4n) is 4.52. The molecule has 3 N–H and O–H groups in total. The van der Waals surface area contributed by atoms with Gasteiger partial charge in [-0.15, -0.1) is 0 Å². The van der Waals surface area contributed by atoms with Crippen molar-refractivity contribution in [3.8, 4) is 5.75 Å². The van der Waals surface area contributed by atoms with Gasteiger partial charge in [0.05, 0.1) is 18.7 Å². The number of ether oxygens (including phenoxy) is 1. The minimum atomic E-state index is -0.583. The van der Waals surface area contributed by atoms with Crippen LogP contribution in [0.1, 0.15) is 47.9 Å². The van der Waals surface area contributed by atoms with E-state index < -0.39 is 6.04 Å². The highest BCUT2D eigenvalue weighted by molar-refractivity contribution is 5.82. The molecule has 2 atom stereocenters. The molecule has 0 aromatic heterocycles. The van der Waals surface area contributed by atoms with E-state index in [1.54, 1.807) is 12.1 Å². The van der Waals surface area contributed by atoms with Crippen LogP contribution in [0.4, 0.5) is 0 Å². The Morgan fingerprint density at radius 2 is 1.90 bits per heavy atom. The summed E-state index contributed by atoms with van der Waals surface area (Å²) < 4.78 is 5.96. The Hall–Kier alpha value is -2.37. The number of hydrogen-bond acceptors (Lipinski definition) is 4. The summed E-state index contributed by atoms with van der Waals surface area (Å²) in [5.41, 5.74) is 10.7. The van der Waals surface area contributed by atoms with Crippen LogP contribution in [-0.2, 0) is 22.4 Å². The molecule has 1 aliphatic heterocycles. The van der Waals surface area contributed by atoms with Gasteiger partial charge < -0.3 is 20.5 Å². The Balaban J connectivity index is 1.51. The summed E-state index contributed by atoms with van der Waals surface area (Å²) in [5, 5.41) is 9.77. The summed E-state index contributed by atoms with van der Waals surface area (Å²) in [6.45, 7) is 5.92. The van der Waals surface area contributed by atoms with Crippen LogP contribution in [0.2, 0.25) is 0 Å². The van der Waals surface area contributed by atoms with Crippen LogP contribution in [0, 0.1) is 13.8 Å². The van der Waals surface area contributed by atoms with Gasteiger partial charge in [-0.1, -0.05) is 30.3 Å². The minimum absolute atomic E-state index is 0.00413. The lowest BCUT2D eigenvalue weighted by Crippen LogP contribution is -2.53. The molecule has 0 spiro atoms. The lowest BCUT2D eigenvalue weighted by molar-refractivity contribution is -0.138. The lowest BCUT2D eigenvalue weighted by Gasteiger charge is -2.37. The highest BCUT2D eigenvalue weighted by Gasteiger charge is 2.30. The van der Waals surface area contributed by atoms with E-state index in [-0.39, 0.29) is 17.7 Å². The number of rotatable bonds is 9. The third kappa shape index (κ3) is 6.55. The standard InChI is InChI=1S/C26H36N2O3/c1-19-15-23(29)16-20(2)24(19)17-25(27)26(30)28-13-7-6-12-22(28)18-31-14-8-11-21-9-4-3-5-10-21/h3-5,9-10,15-16,22,25,29H,6-8,11-14,17-18,27H2,1-2H3/t22?,25-/m0/s1. The largest absolute Gasteiger partial charge is 0.508 e. The predicted molar refractivity (Wildman–Crippen MR) is 124 cm³/mol. The van der Waals surface area contributed by atoms with Gasteiger partial charge in [-0.25, -0.2) is 0 Å². The molecule has 2 aromatic rings. The number of benzene rings is 2. The van der Waals surface area contributed by atoms with Gasteiger partial charge in [-0.05, 0) is 86.8 Å². The molecular weight excluding hydrogens is 388 g/mol. The van der Waals surface area contributed by atoms with Crippen molar-refractivity contribution < 1.29 is 14.6 Å². The molecule has 0 bridgehead atoms. The van der Waals surface area contributed by atoms with Crippen molar-refractivity contribution in [2.45, 2.75) is 64.5 Å². The molecule has 5 heteroatoms. The van der Waals surface area contributed by atoms with Crippen LogP contribution in [0.15, 0.2) is 42.5 Å². The number of likely N-dealkylation sites (tertiary alicyclic amines) is 1. The first-order chi connectivity index (χ1) is 15.0. The first kappa shape index (κ1) is 23.3. The molecule has 168 valence electrons. The summed E-state index contributed by atoms with van der Waals surface area (Å²) in [7, 11) is 0. The van der Waals surface area contributed by atoms with Crippen LogP contribution in [0.5, 0.6) is 5.75 Å². The van der Waals surface area contributed by atoms with Gasteiger partial charge in [0.25, 0.3) is 0 Å². The normalized spacial score (nSPS) is 17.5. The Kier molecular flexibility index (Phi) is 8.50. The molecular formula is C26H36N2O3. The summed E-state index contributed by atoms with van der Waals surface area (Å²) in [6.07, 6.45) is 5.56. The summed E-state index contributed by atoms with van der Waals surface area (Å²) in [6, 6.07) is 13.4. The van der Waals surface area contributed by atoms with Gasteiger partial charge in [-0.3, -0.25) is 4.79 Å². The van der Waals surface area contributed by atoms with Gasteiger partial charge in [0.2, 0.25) is 5.91 Å². The zero-order chi connectivity index (χ0) is 22.2. The van der Waals surface area contributed by atoms with Gasteiger partial charge >= 0.3 is 0 Å². The molecule has 2 aromatic carbocycles. The predicted octanol–water partition coefficient (Wildman–Crippen LogP) is 3.91. The number of aromatic hydroxyl groups is 1. The number of amides is 1. The van der Waals surface area contributed by atoms with Gasteiger partial charge in [0, 0.05) is 13.2 Å². The Bertz CT molecular complexity index is 830. The van der Waals surface area contributed by atoms with E-state index in [1.165, 1.54) is 5.56 Å². The number of nitrogens with two attached hydrogens (primary N) is 1. The molecule has 0 aliphatic carbocycles. The molecule has 1 unspecified atom stereocenters. The molecule has 1 amide bonds. The van der Waals surface area contributed by atoms with E-state index in [9.17, 15) is 9.90 Å². The number of phenols is 1. The number of phenolic OH excluding ortho intramolecular Hbond substituents is 1. The van der Waals surface area contributed by atoms with Gasteiger partial charge in [-0.2, -0.15) is 0 Å². The van der Waals surface area contributed by atoms with Crippen molar-refractivity contribution in [3.63, 3.8) is 0 Å². The lowest BCUT2D eigenvalue weighted by atomic mass is 9.94. The number of hydrogen-bond donors (Lipinski definition) is 2. The fourth-order valence-corrected chi connectivity index (χ4v) is 4.52. The Morgan fingerprint density at radius 3 is 2.61 bits per heavy atom. The van der Waals surface area contributed by atoms with Crippen molar-refractivity contribution in [3.05, 3.63) is 64.7 Å². The van der Waals surface area contributed by atoms with Crippen LogP contribution >= 0.6 is 0 Å². The van der Waals surface area contributed by atoms with E-state index in [0.29, 0.717) is 19.6 Å². The zero-order valence-electron chi connectivity index (χ0n) is 18.8. The fraction of sp³-hybridized carbons (Fsp3) is 0.500. The molecule has 1 saturated heterocycles. The van der Waals surface area contributed by atoms with Gasteiger partial charge in [0.15, 0.2) is 0 Å². The second-order valence-corrected chi connectivity index (χ2v) is 8.71. The number of nitrogens with zero attached hydrogens (tertiary/aromatic N) is 1. The summed E-state index contributed by atoms with van der Waals surface area (Å²) >= 11 is 0. The molecule has 0 saturated carbocycles. The van der Waals surface area contributed by atoms with Crippen LogP contribution in [0.25, 0.3) is 0 Å². The van der Waals surface area contributed by atoms with E-state index in [0.717, 1.165) is 55.3 Å². The Labute approximate surface area is 186 Å². The van der Waals surface area contributed by atoms with E-state index in [1.807, 2.05) is 24.8 Å². The number of carbonyl (C=O) groups is 1. The average molecular weight is 425 g/mol. The summed E-state index contributed by atoms with van der Waals surface area (Å²) in [5.74, 6) is 0.253. The molecule has 1 fully saturated rings. The third-order valence-electron chi connectivity index (χ3n) is 6.24. The minimum Gasteiger partial charge on any atom is -0.508 e. The second kappa shape index (κ2) is 11.3. The number of piperidine rings is 1. The molecule has 1 aliphatic rings. The topological polar surface area (TPSA) is 75.8 Å². The quantitative estimate of drug-likeness (QED) is 0.599. The van der Waals surface area contributed by atoms with E-state index in [4.69, 9.17) is 10.5 Å². The van der Waals surface area contributed by atoms with Crippen molar-refractivity contribution in [2.24, 2.45) is 5.73 Å². The highest BCUT2D eigenvalue weighted by atomic mass is 16.5. The van der Waals surface area contributed by atoms with Crippen molar-refractivity contribution in [1.29, 1.82) is 0 Å². The van der Waals surface area contributed by atoms with Crippen LogP contribution in [-0.4, -0.2) is 47.8 Å². The monoisotopic (exact) mass is 424 g/mol. The summed E-state index contributed by atoms with van der Waals surface area (Å²) in [4.78, 5) is 15.1. The molecule has 31 heavy (non-hydrogen) atoms. The van der Waals surface area contributed by atoms with Crippen LogP contribution < -0.4 is 5.73 Å². The SMILES string of the molecule is Cc1cc(O)cc(C)c1C[C@H](N)C(=O)N1CCCCC1COCCCc1ccccc1. The van der Waals surface area contributed by atoms with Crippen molar-refractivity contribution in [1.82, 2.24) is 4.90 Å². The maximum Gasteiger partial charge on any atom is 0.240 e. The van der Waals surface area contributed by atoms with Crippen LogP contribution in [0.3, 0.4) is 0 Å². The smallest absolute Gasteiger partial charge is 0.240 e. The van der Waals surface area contributed by atoms with Crippen molar-refractivity contribution in [2.75, 3.05) is 19.8 Å². The average Bonchev–Trinajstić information content (AvgIpc) is 2.76. The molecule has 1 heterocycles. The Morgan fingerprint density at radius 1 is 1.19 bits per heavy atom. The number of carbonyl (C=O) groups excluding carboxylic acids is 1. The number of aryl methyl sites for hydroxylation is 3. The first-order valence-electron chi connectivity index (χ1n) is 11.4. The first-order valence-corrected chi connectivity index (χ1v) is 11.4. The molecule has 0 radical (unpaired) electrons. The van der Waals surface area contributed by atoms with E-state index >= 15 is 0 Å². The van der Waals surface area contributed by atoms with Crippen molar-refractivity contribution >= 4 is 5.91 Å². The maximum atomic E-state index is 13.2.